The smallest absolute Gasteiger partial charge is 0.308 e. The van der Waals surface area contributed by atoms with E-state index in [-0.39, 0.29) is 28.5 Å². The van der Waals surface area contributed by atoms with Crippen LogP contribution < -0.4 is 4.74 Å². The molecule has 0 bridgehead atoms. The van der Waals surface area contributed by atoms with Crippen molar-refractivity contribution < 1.29 is 23.1 Å². The number of benzene rings is 1. The standard InChI is InChI=1S/C30H46N4O5Si2/c1-20(35)37-22-15-13-12-14-21(22)26-27-28(32-18-31-26)34(19-33-27)25-16-23(39-41(10,11)30(5,6)7)24(38-25)17-36-40(8,9)29(2,3)4/h12-15,18-19,23-25H,16-17H2,1-11H3/t23-,24+,25+/m0/s1. The van der Waals surface area contributed by atoms with Gasteiger partial charge in [0.25, 0.3) is 0 Å². The zero-order valence-electron chi connectivity index (χ0n) is 26.4. The van der Waals surface area contributed by atoms with Gasteiger partial charge in [-0.25, -0.2) is 15.0 Å². The summed E-state index contributed by atoms with van der Waals surface area (Å²) in [6.45, 7) is 24.4. The zero-order valence-corrected chi connectivity index (χ0v) is 28.4. The predicted molar refractivity (Wildman–Crippen MR) is 166 cm³/mol. The fourth-order valence-electron chi connectivity index (χ4n) is 4.37. The minimum atomic E-state index is -2.08. The van der Waals surface area contributed by atoms with E-state index in [1.165, 1.54) is 13.3 Å². The summed E-state index contributed by atoms with van der Waals surface area (Å²) < 4.78 is 27.7. The predicted octanol–water partition coefficient (Wildman–Crippen LogP) is 7.12. The maximum absolute atomic E-state index is 11.7. The van der Waals surface area contributed by atoms with E-state index in [4.69, 9.17) is 23.3 Å². The largest absolute Gasteiger partial charge is 0.426 e. The summed E-state index contributed by atoms with van der Waals surface area (Å²) in [6.07, 6.45) is 3.27. The van der Waals surface area contributed by atoms with Crippen molar-refractivity contribution in [2.24, 2.45) is 0 Å². The van der Waals surface area contributed by atoms with Crippen molar-refractivity contribution in [1.29, 1.82) is 0 Å². The molecule has 0 spiro atoms. The number of ether oxygens (including phenoxy) is 2. The van der Waals surface area contributed by atoms with Gasteiger partial charge in [-0.2, -0.15) is 0 Å². The highest BCUT2D eigenvalue weighted by molar-refractivity contribution is 6.74. The van der Waals surface area contributed by atoms with E-state index in [9.17, 15) is 4.79 Å². The molecule has 0 aliphatic carbocycles. The van der Waals surface area contributed by atoms with E-state index < -0.39 is 22.6 Å². The SMILES string of the molecule is CC(=O)Oc1ccccc1-c1ncnc2c1ncn2[C@H]1C[C@H](O[Si](C)(C)C(C)(C)C)[C@@H](CO[Si](C)(C)C(C)(C)C)O1. The fourth-order valence-corrected chi connectivity index (χ4v) is 6.75. The third-order valence-corrected chi connectivity index (χ3v) is 17.9. The number of hydrogen-bond donors (Lipinski definition) is 0. The number of hydrogen-bond acceptors (Lipinski definition) is 8. The van der Waals surface area contributed by atoms with E-state index in [0.717, 1.165) is 0 Å². The summed E-state index contributed by atoms with van der Waals surface area (Å²) in [5, 5.41) is 0.159. The Kier molecular flexibility index (Phi) is 8.70. The molecule has 41 heavy (non-hydrogen) atoms. The molecule has 1 aromatic carbocycles. The van der Waals surface area contributed by atoms with Gasteiger partial charge in [-0.05, 0) is 48.4 Å². The van der Waals surface area contributed by atoms with Crippen LogP contribution in [0.4, 0.5) is 0 Å². The van der Waals surface area contributed by atoms with Gasteiger partial charge in [0.2, 0.25) is 0 Å². The lowest BCUT2D eigenvalue weighted by molar-refractivity contribution is -0.131. The molecule has 0 unspecified atom stereocenters. The van der Waals surface area contributed by atoms with Crippen LogP contribution in [0, 0.1) is 0 Å². The Morgan fingerprint density at radius 1 is 1.00 bits per heavy atom. The highest BCUT2D eigenvalue weighted by atomic mass is 28.4. The Morgan fingerprint density at radius 3 is 2.29 bits per heavy atom. The Labute approximate surface area is 246 Å². The lowest BCUT2D eigenvalue weighted by Gasteiger charge is -2.40. The third kappa shape index (κ3) is 6.64. The number of rotatable bonds is 8. The summed E-state index contributed by atoms with van der Waals surface area (Å²) in [5.74, 6) is 0.0312. The third-order valence-electron chi connectivity index (χ3n) is 8.91. The molecule has 4 rings (SSSR count). The maximum atomic E-state index is 11.7. The molecule has 9 nitrogen and oxygen atoms in total. The fraction of sp³-hybridized carbons (Fsp3) is 0.600. The average Bonchev–Trinajstić information content (AvgIpc) is 3.45. The number of carbonyl (C=O) groups is 1. The molecule has 0 radical (unpaired) electrons. The number of nitrogens with zero attached hydrogens (tertiary/aromatic N) is 4. The molecule has 1 aliphatic heterocycles. The number of imidazole rings is 1. The van der Waals surface area contributed by atoms with E-state index in [1.807, 2.05) is 22.8 Å². The number of para-hydroxylation sites is 1. The molecule has 3 heterocycles. The van der Waals surface area contributed by atoms with E-state index in [1.54, 1.807) is 12.4 Å². The number of aromatic nitrogens is 4. The Morgan fingerprint density at radius 2 is 1.66 bits per heavy atom. The van der Waals surface area contributed by atoms with Crippen molar-refractivity contribution in [3.05, 3.63) is 36.9 Å². The quantitative estimate of drug-likeness (QED) is 0.154. The summed E-state index contributed by atoms with van der Waals surface area (Å²) >= 11 is 0. The first kappa shape index (κ1) is 31.5. The molecule has 0 amide bonds. The van der Waals surface area contributed by atoms with Crippen LogP contribution in [0.15, 0.2) is 36.9 Å². The summed E-state index contributed by atoms with van der Waals surface area (Å²) in [4.78, 5) is 25.5. The second kappa shape index (κ2) is 11.3. The summed E-state index contributed by atoms with van der Waals surface area (Å²) in [7, 11) is -4.07. The van der Waals surface area contributed by atoms with Crippen molar-refractivity contribution in [3.63, 3.8) is 0 Å². The van der Waals surface area contributed by atoms with Crippen LogP contribution in [0.2, 0.25) is 36.3 Å². The van der Waals surface area contributed by atoms with Crippen molar-refractivity contribution in [2.75, 3.05) is 6.61 Å². The van der Waals surface area contributed by atoms with Gasteiger partial charge < -0.3 is 18.3 Å². The summed E-state index contributed by atoms with van der Waals surface area (Å²) in [5.41, 5.74) is 2.52. The molecule has 1 fully saturated rings. The molecule has 11 heteroatoms. The Balaban J connectivity index is 1.68. The lowest BCUT2D eigenvalue weighted by atomic mass is 10.1. The first-order chi connectivity index (χ1) is 18.9. The molecule has 2 aromatic heterocycles. The van der Waals surface area contributed by atoms with Gasteiger partial charge in [0.15, 0.2) is 22.3 Å². The van der Waals surface area contributed by atoms with Crippen molar-refractivity contribution in [1.82, 2.24) is 19.5 Å². The Hall–Kier alpha value is -2.45. The van der Waals surface area contributed by atoms with Gasteiger partial charge in [0.05, 0.1) is 19.0 Å². The minimum absolute atomic E-state index is 0.0646. The molecule has 1 saturated heterocycles. The average molecular weight is 599 g/mol. The van der Waals surface area contributed by atoms with E-state index >= 15 is 0 Å². The van der Waals surface area contributed by atoms with Gasteiger partial charge in [0.1, 0.15) is 35.6 Å². The maximum Gasteiger partial charge on any atom is 0.308 e. The molecule has 0 N–H and O–H groups in total. The number of carbonyl (C=O) groups excluding carboxylic acids is 1. The second-order valence-corrected chi connectivity index (χ2v) is 23.6. The first-order valence-corrected chi connectivity index (χ1v) is 20.2. The summed E-state index contributed by atoms with van der Waals surface area (Å²) in [6, 6.07) is 7.31. The highest BCUT2D eigenvalue weighted by Crippen LogP contribution is 2.43. The van der Waals surface area contributed by atoms with Gasteiger partial charge in [-0.1, -0.05) is 53.7 Å². The molecular weight excluding hydrogens is 553 g/mol. The number of esters is 1. The number of fused-ring (bicyclic) bond motifs is 1. The van der Waals surface area contributed by atoms with Crippen molar-refractivity contribution in [3.8, 4) is 17.0 Å². The molecular formula is C30H46N4O5Si2. The second-order valence-electron chi connectivity index (χ2n) is 14.0. The molecule has 0 saturated carbocycles. The lowest BCUT2D eigenvalue weighted by Crippen LogP contribution is -2.48. The van der Waals surface area contributed by atoms with Crippen molar-refractivity contribution >= 4 is 33.8 Å². The monoisotopic (exact) mass is 598 g/mol. The van der Waals surface area contributed by atoms with Crippen molar-refractivity contribution in [2.45, 2.75) is 110 Å². The molecule has 3 aromatic rings. The van der Waals surface area contributed by atoms with Gasteiger partial charge in [-0.3, -0.25) is 9.36 Å². The van der Waals surface area contributed by atoms with Crippen LogP contribution in [0.1, 0.15) is 61.1 Å². The van der Waals surface area contributed by atoms with E-state index in [0.29, 0.717) is 41.2 Å². The first-order valence-electron chi connectivity index (χ1n) is 14.3. The van der Waals surface area contributed by atoms with Gasteiger partial charge >= 0.3 is 5.97 Å². The molecule has 224 valence electrons. The highest BCUT2D eigenvalue weighted by Gasteiger charge is 2.47. The van der Waals surface area contributed by atoms with Gasteiger partial charge in [-0.15, -0.1) is 0 Å². The van der Waals surface area contributed by atoms with Crippen LogP contribution in [0.5, 0.6) is 5.75 Å². The molecule has 1 aliphatic rings. The van der Waals surface area contributed by atoms with Crippen LogP contribution in [0.25, 0.3) is 22.4 Å². The van der Waals surface area contributed by atoms with Crippen LogP contribution >= 0.6 is 0 Å². The van der Waals surface area contributed by atoms with E-state index in [2.05, 4.69) is 77.7 Å². The van der Waals surface area contributed by atoms with Crippen LogP contribution in [-0.2, 0) is 18.4 Å². The molecule has 3 atom stereocenters. The minimum Gasteiger partial charge on any atom is -0.426 e. The topological polar surface area (TPSA) is 97.6 Å². The zero-order chi connectivity index (χ0) is 30.4. The van der Waals surface area contributed by atoms with Crippen LogP contribution in [0.3, 0.4) is 0 Å². The normalized spacial score (nSPS) is 20.5. The van der Waals surface area contributed by atoms with Gasteiger partial charge in [0, 0.05) is 18.9 Å². The van der Waals surface area contributed by atoms with Crippen LogP contribution in [-0.4, -0.2) is 60.9 Å². The Bertz CT molecular complexity index is 1390.